The molecule has 5 nitrogen and oxygen atoms in total. The van der Waals surface area contributed by atoms with E-state index in [1.54, 1.807) is 19.6 Å². The Morgan fingerprint density at radius 1 is 1.23 bits per heavy atom. The Morgan fingerprint density at radius 3 is 2.73 bits per heavy atom. The normalized spacial score (nSPS) is 17.2. The van der Waals surface area contributed by atoms with Crippen LogP contribution in [-0.4, -0.2) is 47.2 Å². The molecule has 0 aliphatic carbocycles. The molecule has 2 aromatic rings. The number of nitrogens with zero attached hydrogens (tertiary/aromatic N) is 3. The number of piperidine rings is 1. The van der Waals surface area contributed by atoms with Gasteiger partial charge in [0.15, 0.2) is 11.5 Å². The quantitative estimate of drug-likeness (QED) is 0.670. The van der Waals surface area contributed by atoms with Gasteiger partial charge in [0, 0.05) is 57.0 Å². The molecule has 1 aliphatic rings. The van der Waals surface area contributed by atoms with Crippen LogP contribution in [0.3, 0.4) is 0 Å². The number of halogens is 2. The summed E-state index contributed by atoms with van der Waals surface area (Å²) in [5.41, 5.74) is 0.970. The number of likely N-dealkylation sites (tertiary alicyclic amines) is 1. The summed E-state index contributed by atoms with van der Waals surface area (Å²) in [6.07, 6.45) is 6.11. The summed E-state index contributed by atoms with van der Waals surface area (Å²) in [4.78, 5) is 6.07. The molecule has 1 aromatic carbocycles. The van der Waals surface area contributed by atoms with Crippen LogP contribution in [0.15, 0.2) is 36.9 Å². The van der Waals surface area contributed by atoms with Crippen LogP contribution in [0.25, 0.3) is 0 Å². The van der Waals surface area contributed by atoms with E-state index in [1.165, 1.54) is 0 Å². The van der Waals surface area contributed by atoms with Crippen LogP contribution in [0.4, 0.5) is 8.78 Å². The molecule has 2 heterocycles. The second-order valence-electron chi connectivity index (χ2n) is 6.58. The molecule has 0 radical (unpaired) electrons. The molecular weight excluding hydrogens is 340 g/mol. The summed E-state index contributed by atoms with van der Waals surface area (Å²) >= 11 is 0. The summed E-state index contributed by atoms with van der Waals surface area (Å²) in [6.45, 7) is 2.74. The van der Waals surface area contributed by atoms with Crippen molar-refractivity contribution in [3.8, 4) is 11.5 Å². The minimum Gasteiger partial charge on any atom is -0.493 e. The molecule has 0 amide bonds. The van der Waals surface area contributed by atoms with E-state index in [4.69, 9.17) is 9.47 Å². The largest absolute Gasteiger partial charge is 0.493 e. The molecule has 0 atom stereocenters. The number of aryl methyl sites for hydroxylation is 1. The summed E-state index contributed by atoms with van der Waals surface area (Å²) in [7, 11) is 1.61. The topological polar surface area (TPSA) is 39.5 Å². The Morgan fingerprint density at radius 2 is 2.04 bits per heavy atom. The molecule has 1 aromatic heterocycles. The van der Waals surface area contributed by atoms with Gasteiger partial charge in [0.1, 0.15) is 0 Å². The zero-order valence-electron chi connectivity index (χ0n) is 15.0. The van der Waals surface area contributed by atoms with Crippen molar-refractivity contribution in [2.24, 2.45) is 0 Å². The van der Waals surface area contributed by atoms with Crippen LogP contribution in [0.5, 0.6) is 11.5 Å². The molecular formula is C19H25F2N3O2. The fraction of sp³-hybridized carbons (Fsp3) is 0.526. The molecule has 7 heteroatoms. The summed E-state index contributed by atoms with van der Waals surface area (Å²) in [5.74, 6) is -1.15. The van der Waals surface area contributed by atoms with Crippen molar-refractivity contribution in [3.63, 3.8) is 0 Å². The van der Waals surface area contributed by atoms with E-state index in [1.807, 2.05) is 33.9 Å². The summed E-state index contributed by atoms with van der Waals surface area (Å²) in [5, 5.41) is 0. The third-order valence-electron chi connectivity index (χ3n) is 4.63. The zero-order chi connectivity index (χ0) is 18.4. The van der Waals surface area contributed by atoms with Gasteiger partial charge in [-0.3, -0.25) is 4.90 Å². The van der Waals surface area contributed by atoms with Gasteiger partial charge < -0.3 is 14.0 Å². The Balaban J connectivity index is 1.60. The smallest absolute Gasteiger partial charge is 0.250 e. The fourth-order valence-electron chi connectivity index (χ4n) is 3.13. The van der Waals surface area contributed by atoms with Crippen molar-refractivity contribution in [1.29, 1.82) is 0 Å². The van der Waals surface area contributed by atoms with Crippen LogP contribution >= 0.6 is 0 Å². The number of alkyl halides is 2. The van der Waals surface area contributed by atoms with Gasteiger partial charge in [-0.2, -0.15) is 0 Å². The zero-order valence-corrected chi connectivity index (χ0v) is 15.0. The van der Waals surface area contributed by atoms with Crippen molar-refractivity contribution in [2.75, 3.05) is 26.8 Å². The van der Waals surface area contributed by atoms with Crippen molar-refractivity contribution < 1.29 is 18.3 Å². The van der Waals surface area contributed by atoms with Gasteiger partial charge in [-0.25, -0.2) is 13.8 Å². The number of hydrogen-bond donors (Lipinski definition) is 0. The van der Waals surface area contributed by atoms with Gasteiger partial charge in [-0.15, -0.1) is 0 Å². The van der Waals surface area contributed by atoms with E-state index < -0.39 is 5.92 Å². The lowest BCUT2D eigenvalue weighted by Crippen LogP contribution is -2.38. The minimum atomic E-state index is -2.53. The second kappa shape index (κ2) is 8.49. The van der Waals surface area contributed by atoms with E-state index in [0.717, 1.165) is 18.5 Å². The highest BCUT2D eigenvalue weighted by molar-refractivity contribution is 5.46. The highest BCUT2D eigenvalue weighted by Crippen LogP contribution is 2.34. The van der Waals surface area contributed by atoms with E-state index in [-0.39, 0.29) is 12.8 Å². The van der Waals surface area contributed by atoms with Gasteiger partial charge >= 0.3 is 0 Å². The molecule has 0 unspecified atom stereocenters. The second-order valence-corrected chi connectivity index (χ2v) is 6.58. The number of imidazole rings is 1. The average molecular weight is 365 g/mol. The average Bonchev–Trinajstić information content (AvgIpc) is 3.14. The number of benzene rings is 1. The SMILES string of the molecule is COc1cccc(CN2CCC(F)(F)CC2)c1OCCCn1ccnc1. The molecule has 0 saturated carbocycles. The van der Waals surface area contributed by atoms with Crippen molar-refractivity contribution in [2.45, 2.75) is 38.3 Å². The molecule has 142 valence electrons. The maximum atomic E-state index is 13.4. The van der Waals surface area contributed by atoms with Crippen LogP contribution in [0.1, 0.15) is 24.8 Å². The fourth-order valence-corrected chi connectivity index (χ4v) is 3.13. The van der Waals surface area contributed by atoms with Crippen molar-refractivity contribution in [1.82, 2.24) is 14.5 Å². The molecule has 1 aliphatic heterocycles. The Labute approximate surface area is 152 Å². The van der Waals surface area contributed by atoms with E-state index >= 15 is 0 Å². The number of ether oxygens (including phenoxy) is 2. The number of para-hydroxylation sites is 1. The first-order valence-electron chi connectivity index (χ1n) is 8.92. The lowest BCUT2D eigenvalue weighted by atomic mass is 10.1. The molecule has 0 spiro atoms. The Hall–Kier alpha value is -2.15. The van der Waals surface area contributed by atoms with Crippen molar-refractivity contribution in [3.05, 3.63) is 42.5 Å². The summed E-state index contributed by atoms with van der Waals surface area (Å²) < 4.78 is 40.2. The van der Waals surface area contributed by atoms with E-state index in [0.29, 0.717) is 37.7 Å². The number of methoxy groups -OCH3 is 1. The first-order valence-corrected chi connectivity index (χ1v) is 8.92. The maximum absolute atomic E-state index is 13.4. The van der Waals surface area contributed by atoms with E-state index in [9.17, 15) is 8.78 Å². The number of aromatic nitrogens is 2. The summed E-state index contributed by atoms with van der Waals surface area (Å²) in [6, 6.07) is 5.74. The standard InChI is InChI=1S/C19H25F2N3O2/c1-25-17-5-2-4-16(14-23-10-6-19(20,21)7-11-23)18(17)26-13-3-9-24-12-8-22-15-24/h2,4-5,8,12,15H,3,6-7,9-11,13-14H2,1H3. The third kappa shape index (κ3) is 4.94. The molecule has 3 rings (SSSR count). The first kappa shape index (κ1) is 18.6. The van der Waals surface area contributed by atoms with Crippen LogP contribution in [0, 0.1) is 0 Å². The van der Waals surface area contributed by atoms with Gasteiger partial charge in [-0.1, -0.05) is 12.1 Å². The molecule has 1 fully saturated rings. The van der Waals surface area contributed by atoms with E-state index in [2.05, 4.69) is 4.98 Å². The third-order valence-corrected chi connectivity index (χ3v) is 4.63. The molecule has 0 bridgehead atoms. The lowest BCUT2D eigenvalue weighted by molar-refractivity contribution is -0.0567. The predicted octanol–water partition coefficient (Wildman–Crippen LogP) is 3.59. The van der Waals surface area contributed by atoms with Gasteiger partial charge in [-0.05, 0) is 12.5 Å². The number of hydrogen-bond acceptors (Lipinski definition) is 4. The highest BCUT2D eigenvalue weighted by Gasteiger charge is 2.34. The Bertz CT molecular complexity index is 682. The monoisotopic (exact) mass is 365 g/mol. The predicted molar refractivity (Wildman–Crippen MR) is 94.8 cm³/mol. The van der Waals surface area contributed by atoms with Crippen LogP contribution in [0.2, 0.25) is 0 Å². The molecule has 1 saturated heterocycles. The lowest BCUT2D eigenvalue weighted by Gasteiger charge is -2.32. The van der Waals surface area contributed by atoms with Gasteiger partial charge in [0.05, 0.1) is 20.0 Å². The van der Waals surface area contributed by atoms with Crippen LogP contribution < -0.4 is 9.47 Å². The molecule has 26 heavy (non-hydrogen) atoms. The van der Waals surface area contributed by atoms with Gasteiger partial charge in [0.2, 0.25) is 0 Å². The molecule has 0 N–H and O–H groups in total. The highest BCUT2D eigenvalue weighted by atomic mass is 19.3. The first-order chi connectivity index (χ1) is 12.6. The number of rotatable bonds is 8. The maximum Gasteiger partial charge on any atom is 0.250 e. The van der Waals surface area contributed by atoms with Gasteiger partial charge in [0.25, 0.3) is 5.92 Å². The minimum absolute atomic E-state index is 0.0853. The Kier molecular flexibility index (Phi) is 6.08. The van der Waals surface area contributed by atoms with Crippen LogP contribution in [-0.2, 0) is 13.1 Å². The van der Waals surface area contributed by atoms with Crippen molar-refractivity contribution >= 4 is 0 Å².